The van der Waals surface area contributed by atoms with Crippen molar-refractivity contribution >= 4 is 11.6 Å². The summed E-state index contributed by atoms with van der Waals surface area (Å²) in [6, 6.07) is 6.66. The Hall–Kier alpha value is -1.56. The zero-order valence-corrected chi connectivity index (χ0v) is 10.8. The Morgan fingerprint density at radius 1 is 1.26 bits per heavy atom. The molecule has 0 heterocycles. The van der Waals surface area contributed by atoms with Crippen molar-refractivity contribution in [3.63, 3.8) is 0 Å². The lowest BCUT2D eigenvalue weighted by atomic mass is 10.0. The monoisotopic (exact) mass is 274 g/mol. The molecule has 0 fully saturated rings. The molecule has 6 heteroatoms. The maximum absolute atomic E-state index is 12.6. The Kier molecular flexibility index (Phi) is 4.57. The van der Waals surface area contributed by atoms with Crippen LogP contribution in [0.4, 0.5) is 18.9 Å². The van der Waals surface area contributed by atoms with Gasteiger partial charge in [-0.25, -0.2) is 0 Å². The Morgan fingerprint density at radius 2 is 1.79 bits per heavy atom. The largest absolute Gasteiger partial charge is 0.415 e. The van der Waals surface area contributed by atoms with Crippen molar-refractivity contribution in [1.29, 1.82) is 0 Å². The highest BCUT2D eigenvalue weighted by Crippen LogP contribution is 2.29. The molecule has 3 N–H and O–H groups in total. The molecule has 1 amide bonds. The minimum Gasteiger partial charge on any atom is -0.324 e. The molecule has 1 aromatic rings. The molecule has 1 aromatic carbocycles. The van der Waals surface area contributed by atoms with Crippen LogP contribution in [0.1, 0.15) is 25.8 Å². The van der Waals surface area contributed by atoms with Gasteiger partial charge in [-0.15, -0.1) is 0 Å². The van der Waals surface area contributed by atoms with Crippen LogP contribution in [0.3, 0.4) is 0 Å². The van der Waals surface area contributed by atoms with Crippen molar-refractivity contribution in [3.8, 4) is 0 Å². The molecular formula is C13H17F3N2O. The van der Waals surface area contributed by atoms with Gasteiger partial charge >= 0.3 is 6.18 Å². The maximum Gasteiger partial charge on any atom is 0.415 e. The standard InChI is InChI=1S/C13H17F3N2O/c1-3-4-9-5-7-10(8-6-9)18-11(19)12(2,17)13(14,15)16/h5-8H,3-4,17H2,1-2H3,(H,18,19). The van der Waals surface area contributed by atoms with Gasteiger partial charge in [0.2, 0.25) is 0 Å². The number of anilines is 1. The van der Waals surface area contributed by atoms with Crippen LogP contribution in [0.2, 0.25) is 0 Å². The van der Waals surface area contributed by atoms with Gasteiger partial charge in [0.1, 0.15) is 0 Å². The predicted molar refractivity (Wildman–Crippen MR) is 67.7 cm³/mol. The molecule has 0 spiro atoms. The topological polar surface area (TPSA) is 55.1 Å². The SMILES string of the molecule is CCCc1ccc(NC(=O)C(C)(N)C(F)(F)F)cc1. The van der Waals surface area contributed by atoms with E-state index in [1.54, 1.807) is 24.3 Å². The molecule has 0 saturated carbocycles. The van der Waals surface area contributed by atoms with E-state index < -0.39 is 17.6 Å². The second kappa shape index (κ2) is 5.61. The highest BCUT2D eigenvalue weighted by Gasteiger charge is 2.53. The molecule has 0 saturated heterocycles. The van der Waals surface area contributed by atoms with E-state index >= 15 is 0 Å². The van der Waals surface area contributed by atoms with Gasteiger partial charge < -0.3 is 11.1 Å². The normalized spacial score (nSPS) is 14.8. The minimum absolute atomic E-state index is 0.297. The number of carbonyl (C=O) groups excluding carboxylic acids is 1. The fraction of sp³-hybridized carbons (Fsp3) is 0.462. The first kappa shape index (κ1) is 15.5. The van der Waals surface area contributed by atoms with Crippen molar-refractivity contribution in [2.24, 2.45) is 5.73 Å². The Morgan fingerprint density at radius 3 is 2.21 bits per heavy atom. The van der Waals surface area contributed by atoms with E-state index in [0.717, 1.165) is 18.4 Å². The van der Waals surface area contributed by atoms with E-state index in [2.05, 4.69) is 5.32 Å². The lowest BCUT2D eigenvalue weighted by molar-refractivity contribution is -0.184. The van der Waals surface area contributed by atoms with Crippen LogP contribution in [0.5, 0.6) is 0 Å². The summed E-state index contributed by atoms with van der Waals surface area (Å²) in [6.45, 7) is 2.67. The van der Waals surface area contributed by atoms with Gasteiger partial charge in [-0.2, -0.15) is 13.2 Å². The van der Waals surface area contributed by atoms with Crippen molar-refractivity contribution in [2.45, 2.75) is 38.4 Å². The van der Waals surface area contributed by atoms with E-state index in [4.69, 9.17) is 5.73 Å². The summed E-state index contributed by atoms with van der Waals surface area (Å²) >= 11 is 0. The zero-order valence-electron chi connectivity index (χ0n) is 10.8. The van der Waals surface area contributed by atoms with Crippen LogP contribution in [0.25, 0.3) is 0 Å². The molecule has 0 radical (unpaired) electrons. The number of rotatable bonds is 4. The summed E-state index contributed by atoms with van der Waals surface area (Å²) in [5.41, 5.74) is 3.48. The molecule has 106 valence electrons. The van der Waals surface area contributed by atoms with Crippen molar-refractivity contribution < 1.29 is 18.0 Å². The third kappa shape index (κ3) is 3.70. The molecule has 3 nitrogen and oxygen atoms in total. The van der Waals surface area contributed by atoms with Gasteiger partial charge in [0, 0.05) is 5.69 Å². The molecule has 1 atom stereocenters. The number of nitrogens with one attached hydrogen (secondary N) is 1. The fourth-order valence-corrected chi connectivity index (χ4v) is 1.43. The molecule has 19 heavy (non-hydrogen) atoms. The van der Waals surface area contributed by atoms with E-state index in [9.17, 15) is 18.0 Å². The Bertz CT molecular complexity index is 438. The van der Waals surface area contributed by atoms with Gasteiger partial charge in [0.05, 0.1) is 0 Å². The number of amides is 1. The van der Waals surface area contributed by atoms with Gasteiger partial charge in [-0.05, 0) is 31.0 Å². The maximum atomic E-state index is 12.6. The highest BCUT2D eigenvalue weighted by molar-refractivity contribution is 5.98. The average molecular weight is 274 g/mol. The Balaban J connectivity index is 2.77. The third-order valence-corrected chi connectivity index (χ3v) is 2.81. The Labute approximate surface area is 110 Å². The first-order chi connectivity index (χ1) is 8.68. The van der Waals surface area contributed by atoms with Crippen LogP contribution in [0, 0.1) is 0 Å². The van der Waals surface area contributed by atoms with Gasteiger partial charge in [-0.3, -0.25) is 4.79 Å². The number of hydrogen-bond donors (Lipinski definition) is 2. The summed E-state index contributed by atoms with van der Waals surface area (Å²) in [7, 11) is 0. The number of nitrogens with two attached hydrogens (primary N) is 1. The van der Waals surface area contributed by atoms with E-state index in [0.29, 0.717) is 12.6 Å². The average Bonchev–Trinajstić information content (AvgIpc) is 2.30. The summed E-state index contributed by atoms with van der Waals surface area (Å²) in [5, 5.41) is 2.17. The summed E-state index contributed by atoms with van der Waals surface area (Å²) in [5.74, 6) is -1.27. The molecule has 0 aliphatic rings. The number of halogens is 3. The first-order valence-corrected chi connectivity index (χ1v) is 5.94. The number of benzene rings is 1. The highest BCUT2D eigenvalue weighted by atomic mass is 19.4. The predicted octanol–water partition coefficient (Wildman–Crippen LogP) is 2.86. The van der Waals surface area contributed by atoms with Gasteiger partial charge in [0.15, 0.2) is 5.54 Å². The molecule has 0 aliphatic carbocycles. The van der Waals surface area contributed by atoms with Crippen LogP contribution in [0.15, 0.2) is 24.3 Å². The number of carbonyl (C=O) groups is 1. The fourth-order valence-electron chi connectivity index (χ4n) is 1.43. The second-order valence-corrected chi connectivity index (χ2v) is 4.60. The molecule has 0 aliphatic heterocycles. The molecule has 0 bridgehead atoms. The summed E-state index contributed by atoms with van der Waals surface area (Å²) < 4.78 is 37.7. The zero-order chi connectivity index (χ0) is 14.7. The smallest absolute Gasteiger partial charge is 0.324 e. The van der Waals surface area contributed by atoms with Crippen molar-refractivity contribution in [3.05, 3.63) is 29.8 Å². The summed E-state index contributed by atoms with van der Waals surface area (Å²) in [4.78, 5) is 11.5. The van der Waals surface area contributed by atoms with E-state index in [1.165, 1.54) is 0 Å². The minimum atomic E-state index is -4.79. The molecule has 1 unspecified atom stereocenters. The lowest BCUT2D eigenvalue weighted by Gasteiger charge is -2.26. The van der Waals surface area contributed by atoms with E-state index in [-0.39, 0.29) is 0 Å². The third-order valence-electron chi connectivity index (χ3n) is 2.81. The lowest BCUT2D eigenvalue weighted by Crippen LogP contribution is -2.59. The van der Waals surface area contributed by atoms with Crippen molar-refractivity contribution in [2.75, 3.05) is 5.32 Å². The summed E-state index contributed by atoms with van der Waals surface area (Å²) in [6.07, 6.45) is -2.94. The first-order valence-electron chi connectivity index (χ1n) is 5.94. The quantitative estimate of drug-likeness (QED) is 0.887. The van der Waals surface area contributed by atoms with Crippen LogP contribution in [-0.2, 0) is 11.2 Å². The van der Waals surface area contributed by atoms with Crippen LogP contribution >= 0.6 is 0 Å². The van der Waals surface area contributed by atoms with Gasteiger partial charge in [-0.1, -0.05) is 25.5 Å². The van der Waals surface area contributed by atoms with Gasteiger partial charge in [0.25, 0.3) is 5.91 Å². The molecular weight excluding hydrogens is 257 g/mol. The van der Waals surface area contributed by atoms with E-state index in [1.807, 2.05) is 6.92 Å². The van der Waals surface area contributed by atoms with Crippen molar-refractivity contribution in [1.82, 2.24) is 0 Å². The number of alkyl halides is 3. The molecule has 0 aromatic heterocycles. The van der Waals surface area contributed by atoms with Crippen LogP contribution in [-0.4, -0.2) is 17.6 Å². The number of hydrogen-bond acceptors (Lipinski definition) is 2. The second-order valence-electron chi connectivity index (χ2n) is 4.60. The van der Waals surface area contributed by atoms with Crippen LogP contribution < -0.4 is 11.1 Å². The molecule has 1 rings (SSSR count). The number of aryl methyl sites for hydroxylation is 1.